The van der Waals surface area contributed by atoms with Gasteiger partial charge in [-0.05, 0) is 38.5 Å². The summed E-state index contributed by atoms with van der Waals surface area (Å²) >= 11 is 0. The minimum atomic E-state index is -3.38. The van der Waals surface area contributed by atoms with Crippen molar-refractivity contribution in [2.75, 3.05) is 39.9 Å². The predicted molar refractivity (Wildman–Crippen MR) is 147 cm³/mol. The van der Waals surface area contributed by atoms with Gasteiger partial charge >= 0.3 is 11.9 Å². The summed E-state index contributed by atoms with van der Waals surface area (Å²) in [7, 11) is -4.06. The molecule has 0 aliphatic heterocycles. The molecular formula is C26H48O10S2. The van der Waals surface area contributed by atoms with Crippen molar-refractivity contribution in [2.45, 2.75) is 103 Å². The molecule has 0 heterocycles. The van der Waals surface area contributed by atoms with Gasteiger partial charge in [0.1, 0.15) is 0 Å². The second-order valence-electron chi connectivity index (χ2n) is 9.51. The number of ether oxygens (including phenoxy) is 2. The van der Waals surface area contributed by atoms with Gasteiger partial charge in [0.25, 0.3) is 20.2 Å². The summed E-state index contributed by atoms with van der Waals surface area (Å²) < 4.78 is 63.2. The lowest BCUT2D eigenvalue weighted by Crippen LogP contribution is -2.09. The highest BCUT2D eigenvalue weighted by Crippen LogP contribution is 2.26. The van der Waals surface area contributed by atoms with Crippen LogP contribution < -0.4 is 0 Å². The summed E-state index contributed by atoms with van der Waals surface area (Å²) in [5.41, 5.74) is 1.89. The molecule has 0 N–H and O–H groups in total. The van der Waals surface area contributed by atoms with Gasteiger partial charge in [0.15, 0.2) is 0 Å². The first-order valence-corrected chi connectivity index (χ1v) is 17.0. The quantitative estimate of drug-likeness (QED) is 0.0671. The van der Waals surface area contributed by atoms with E-state index in [0.29, 0.717) is 25.7 Å². The average Bonchev–Trinajstić information content (AvgIpc) is 2.83. The molecule has 0 unspecified atom stereocenters. The Morgan fingerprint density at radius 1 is 0.500 bits per heavy atom. The third kappa shape index (κ3) is 23.6. The minimum absolute atomic E-state index is 0.159. The van der Waals surface area contributed by atoms with Crippen LogP contribution in [0.15, 0.2) is 11.1 Å². The van der Waals surface area contributed by atoms with Crippen molar-refractivity contribution in [1.82, 2.24) is 0 Å². The zero-order chi connectivity index (χ0) is 28.9. The molecule has 10 nitrogen and oxygen atoms in total. The summed E-state index contributed by atoms with van der Waals surface area (Å²) in [6, 6.07) is 0. The molecule has 0 aliphatic rings. The highest BCUT2D eigenvalue weighted by molar-refractivity contribution is 7.86. The fraction of sp³-hybridized carbons (Fsp3) is 0.846. The molecule has 0 saturated carbocycles. The number of unbranched alkanes of at least 4 members (excludes halogenated alkanes) is 10. The Balaban J connectivity index is 4.68. The Morgan fingerprint density at radius 3 is 1.08 bits per heavy atom. The van der Waals surface area contributed by atoms with Crippen molar-refractivity contribution in [3.63, 3.8) is 0 Å². The van der Waals surface area contributed by atoms with Gasteiger partial charge in [-0.3, -0.25) is 18.0 Å². The van der Waals surface area contributed by atoms with Crippen LogP contribution in [0, 0.1) is 0 Å². The molecule has 0 saturated heterocycles. The zero-order valence-electron chi connectivity index (χ0n) is 23.6. The molecule has 0 spiro atoms. The van der Waals surface area contributed by atoms with E-state index in [1.807, 2.05) is 0 Å². The molecule has 0 aromatic rings. The van der Waals surface area contributed by atoms with E-state index in [4.69, 9.17) is 17.8 Å². The second kappa shape index (κ2) is 21.3. The van der Waals surface area contributed by atoms with Gasteiger partial charge in [0.05, 0.1) is 52.8 Å². The molecule has 0 aliphatic carbocycles. The molecule has 0 fully saturated rings. The van der Waals surface area contributed by atoms with Crippen LogP contribution in [0.3, 0.4) is 0 Å². The number of carbonyl (C=O) groups excluding carboxylic acids is 2. The Hall–Kier alpha value is -1.50. The molecule has 38 heavy (non-hydrogen) atoms. The van der Waals surface area contributed by atoms with Crippen molar-refractivity contribution in [3.05, 3.63) is 11.1 Å². The fourth-order valence-electron chi connectivity index (χ4n) is 3.99. The van der Waals surface area contributed by atoms with E-state index in [-0.39, 0.29) is 38.0 Å². The van der Waals surface area contributed by atoms with Crippen LogP contribution in [-0.2, 0) is 47.7 Å². The normalized spacial score (nSPS) is 12.7. The van der Waals surface area contributed by atoms with E-state index >= 15 is 0 Å². The van der Waals surface area contributed by atoms with Crippen LogP contribution in [0.4, 0.5) is 0 Å². The van der Waals surface area contributed by atoms with Crippen LogP contribution in [0.1, 0.15) is 103 Å². The number of carbonyl (C=O) groups is 2. The smallest absolute Gasteiger partial charge is 0.309 e. The van der Waals surface area contributed by atoms with Crippen molar-refractivity contribution in [1.29, 1.82) is 0 Å². The van der Waals surface area contributed by atoms with E-state index in [2.05, 4.69) is 0 Å². The van der Waals surface area contributed by atoms with E-state index in [0.717, 1.165) is 87.9 Å². The van der Waals surface area contributed by atoms with Gasteiger partial charge in [-0.2, -0.15) is 16.8 Å². The Labute approximate surface area is 230 Å². The highest BCUT2D eigenvalue weighted by atomic mass is 32.2. The maximum absolute atomic E-state index is 12.1. The summed E-state index contributed by atoms with van der Waals surface area (Å²) in [5, 5.41) is 0. The van der Waals surface area contributed by atoms with Gasteiger partial charge in [-0.1, -0.05) is 62.5 Å². The molecule has 0 aromatic carbocycles. The Kier molecular flexibility index (Phi) is 20.5. The standard InChI is InChI=1S/C26H48O10S2/c1-33-25(27)21-23(17-13-9-5-7-11-15-19-35-37(3,29)30)24(22-26(28)34-2)18-14-10-6-8-12-16-20-36-38(4,31)32/h5-22H2,1-4H3. The largest absolute Gasteiger partial charge is 0.469 e. The number of hydrogen-bond donors (Lipinski definition) is 0. The van der Waals surface area contributed by atoms with Crippen LogP contribution in [-0.4, -0.2) is 68.7 Å². The van der Waals surface area contributed by atoms with Gasteiger partial charge < -0.3 is 9.47 Å². The SMILES string of the molecule is COC(=O)CC(CCCCCCCCOS(C)(=O)=O)=C(CCCCCCCCOS(C)(=O)=O)CC(=O)OC. The fourth-order valence-corrected chi connectivity index (χ4v) is 4.83. The first-order chi connectivity index (χ1) is 17.9. The summed E-state index contributed by atoms with van der Waals surface area (Å²) in [6.45, 7) is 0.415. The van der Waals surface area contributed by atoms with Crippen LogP contribution >= 0.6 is 0 Å². The molecular weight excluding hydrogens is 536 g/mol. The number of hydrogen-bond acceptors (Lipinski definition) is 10. The first kappa shape index (κ1) is 36.5. The number of esters is 2. The Morgan fingerprint density at radius 2 is 0.789 bits per heavy atom. The van der Waals surface area contributed by atoms with E-state index in [1.165, 1.54) is 14.2 Å². The second-order valence-corrected chi connectivity index (χ2v) is 12.8. The van der Waals surface area contributed by atoms with Crippen LogP contribution in [0.5, 0.6) is 0 Å². The third-order valence-corrected chi connectivity index (χ3v) is 7.20. The van der Waals surface area contributed by atoms with Gasteiger partial charge in [0.2, 0.25) is 0 Å². The molecule has 0 amide bonds. The van der Waals surface area contributed by atoms with Crippen molar-refractivity contribution in [2.24, 2.45) is 0 Å². The van der Waals surface area contributed by atoms with Crippen molar-refractivity contribution in [3.8, 4) is 0 Å². The summed E-state index contributed by atoms with van der Waals surface area (Å²) in [5.74, 6) is -0.658. The van der Waals surface area contributed by atoms with Gasteiger partial charge in [0, 0.05) is 0 Å². The van der Waals surface area contributed by atoms with Crippen LogP contribution in [0.25, 0.3) is 0 Å². The van der Waals surface area contributed by atoms with E-state index < -0.39 is 20.2 Å². The zero-order valence-corrected chi connectivity index (χ0v) is 25.3. The number of methoxy groups -OCH3 is 2. The molecule has 0 radical (unpaired) electrons. The average molecular weight is 585 g/mol. The number of rotatable bonds is 24. The van der Waals surface area contributed by atoms with Crippen LogP contribution in [0.2, 0.25) is 0 Å². The lowest BCUT2D eigenvalue weighted by molar-refractivity contribution is -0.141. The molecule has 0 aromatic heterocycles. The van der Waals surface area contributed by atoms with E-state index in [9.17, 15) is 26.4 Å². The Bertz CT molecular complexity index is 834. The molecule has 0 atom stereocenters. The lowest BCUT2D eigenvalue weighted by Gasteiger charge is -2.15. The lowest BCUT2D eigenvalue weighted by atomic mass is 9.92. The maximum Gasteiger partial charge on any atom is 0.309 e. The molecule has 0 bridgehead atoms. The van der Waals surface area contributed by atoms with Crippen molar-refractivity contribution < 1.29 is 44.3 Å². The molecule has 0 rings (SSSR count). The topological polar surface area (TPSA) is 139 Å². The molecule has 224 valence electrons. The monoisotopic (exact) mass is 584 g/mol. The summed E-state index contributed by atoms with van der Waals surface area (Å²) in [4.78, 5) is 24.2. The maximum atomic E-state index is 12.1. The van der Waals surface area contributed by atoms with Gasteiger partial charge in [-0.15, -0.1) is 0 Å². The molecule has 12 heteroatoms. The minimum Gasteiger partial charge on any atom is -0.469 e. The van der Waals surface area contributed by atoms with Crippen molar-refractivity contribution >= 4 is 32.2 Å². The van der Waals surface area contributed by atoms with Gasteiger partial charge in [-0.25, -0.2) is 0 Å². The van der Waals surface area contributed by atoms with E-state index in [1.54, 1.807) is 0 Å². The first-order valence-electron chi connectivity index (χ1n) is 13.4. The predicted octanol–water partition coefficient (Wildman–Crippen LogP) is 4.82. The third-order valence-electron chi connectivity index (χ3n) is 6.01. The highest BCUT2D eigenvalue weighted by Gasteiger charge is 2.15. The summed E-state index contributed by atoms with van der Waals surface area (Å²) in [6.07, 6.45) is 14.6.